The zero-order valence-electron chi connectivity index (χ0n) is 20.7. The minimum atomic E-state index is -0.908. The van der Waals surface area contributed by atoms with E-state index in [9.17, 15) is 14.7 Å². The molecule has 2 heterocycles. The van der Waals surface area contributed by atoms with Gasteiger partial charge in [0.1, 0.15) is 17.5 Å². The average molecular weight is 496 g/mol. The van der Waals surface area contributed by atoms with Crippen molar-refractivity contribution in [2.45, 2.75) is 25.7 Å². The van der Waals surface area contributed by atoms with E-state index >= 15 is 0 Å². The number of amides is 1. The number of aromatic nitrogens is 2. The number of fused-ring (bicyclic) bond motifs is 1. The van der Waals surface area contributed by atoms with Crippen LogP contribution in [0.5, 0.6) is 0 Å². The second-order valence-corrected chi connectivity index (χ2v) is 9.20. The SMILES string of the molecule is CNc1nc(Cc2ccc(NC(=O)c3ccc4ccccc4c3)cc2)nc(N2CCCC2)c1CC(=O)O. The van der Waals surface area contributed by atoms with Crippen LogP contribution in [0.4, 0.5) is 17.3 Å². The number of benzene rings is 3. The molecule has 0 saturated carbocycles. The van der Waals surface area contributed by atoms with E-state index in [1.165, 1.54) is 0 Å². The number of rotatable bonds is 8. The van der Waals surface area contributed by atoms with Crippen molar-refractivity contribution in [1.29, 1.82) is 0 Å². The molecule has 1 aliphatic heterocycles. The molecule has 0 spiro atoms. The average Bonchev–Trinajstić information content (AvgIpc) is 3.45. The molecule has 188 valence electrons. The number of nitrogens with one attached hydrogen (secondary N) is 2. The van der Waals surface area contributed by atoms with E-state index in [1.54, 1.807) is 7.05 Å². The van der Waals surface area contributed by atoms with Crippen LogP contribution in [0.25, 0.3) is 10.8 Å². The van der Waals surface area contributed by atoms with Crippen LogP contribution in [-0.4, -0.2) is 47.1 Å². The first kappa shape index (κ1) is 24.2. The van der Waals surface area contributed by atoms with Gasteiger partial charge < -0.3 is 20.6 Å². The molecule has 1 fully saturated rings. The first-order valence-corrected chi connectivity index (χ1v) is 12.4. The molecule has 0 unspecified atom stereocenters. The van der Waals surface area contributed by atoms with Crippen molar-refractivity contribution in [1.82, 2.24) is 9.97 Å². The topological polar surface area (TPSA) is 107 Å². The summed E-state index contributed by atoms with van der Waals surface area (Å²) in [7, 11) is 1.75. The molecule has 0 atom stereocenters. The summed E-state index contributed by atoms with van der Waals surface area (Å²) in [5.74, 6) is 0.801. The molecular formula is C29H29N5O3. The summed E-state index contributed by atoms with van der Waals surface area (Å²) in [6.45, 7) is 1.72. The number of carbonyl (C=O) groups is 2. The number of carboxylic acids is 1. The lowest BCUT2D eigenvalue weighted by atomic mass is 10.1. The third-order valence-corrected chi connectivity index (χ3v) is 6.59. The van der Waals surface area contributed by atoms with Crippen LogP contribution in [0.1, 0.15) is 40.2 Å². The van der Waals surface area contributed by atoms with Crippen molar-refractivity contribution in [2.75, 3.05) is 35.7 Å². The van der Waals surface area contributed by atoms with Crippen LogP contribution in [-0.2, 0) is 17.6 Å². The Hall–Kier alpha value is -4.46. The van der Waals surface area contributed by atoms with Crippen LogP contribution in [0, 0.1) is 0 Å². The van der Waals surface area contributed by atoms with Gasteiger partial charge in [0.15, 0.2) is 0 Å². The lowest BCUT2D eigenvalue weighted by molar-refractivity contribution is -0.136. The number of nitrogens with zero attached hydrogens (tertiary/aromatic N) is 3. The summed E-state index contributed by atoms with van der Waals surface area (Å²) < 4.78 is 0. The molecule has 8 heteroatoms. The van der Waals surface area contributed by atoms with E-state index in [0.29, 0.717) is 40.7 Å². The number of hydrogen-bond donors (Lipinski definition) is 3. The van der Waals surface area contributed by atoms with Crippen molar-refractivity contribution >= 4 is 40.0 Å². The molecule has 4 aromatic rings. The molecule has 37 heavy (non-hydrogen) atoms. The van der Waals surface area contributed by atoms with Crippen LogP contribution in [0.2, 0.25) is 0 Å². The lowest BCUT2D eigenvalue weighted by Crippen LogP contribution is -2.24. The largest absolute Gasteiger partial charge is 0.481 e. The molecule has 1 aromatic heterocycles. The minimum absolute atomic E-state index is 0.131. The summed E-state index contributed by atoms with van der Waals surface area (Å²) in [5, 5.41) is 17.6. The number of aliphatic carboxylic acids is 1. The molecule has 0 aliphatic carbocycles. The highest BCUT2D eigenvalue weighted by Crippen LogP contribution is 2.29. The predicted molar refractivity (Wildman–Crippen MR) is 146 cm³/mol. The highest BCUT2D eigenvalue weighted by atomic mass is 16.4. The van der Waals surface area contributed by atoms with Gasteiger partial charge in [-0.1, -0.05) is 42.5 Å². The first-order valence-electron chi connectivity index (χ1n) is 12.4. The van der Waals surface area contributed by atoms with Crippen molar-refractivity contribution in [2.24, 2.45) is 0 Å². The zero-order chi connectivity index (χ0) is 25.8. The highest BCUT2D eigenvalue weighted by Gasteiger charge is 2.23. The smallest absolute Gasteiger partial charge is 0.308 e. The Morgan fingerprint density at radius 2 is 1.68 bits per heavy atom. The summed E-state index contributed by atoms with van der Waals surface area (Å²) in [6, 6.07) is 21.2. The van der Waals surface area contributed by atoms with Crippen molar-refractivity contribution in [3.8, 4) is 0 Å². The van der Waals surface area contributed by atoms with E-state index < -0.39 is 5.97 Å². The quantitative estimate of drug-likeness (QED) is 0.324. The minimum Gasteiger partial charge on any atom is -0.481 e. The molecule has 0 bridgehead atoms. The molecular weight excluding hydrogens is 466 g/mol. The lowest BCUT2D eigenvalue weighted by Gasteiger charge is -2.22. The maximum atomic E-state index is 12.8. The fraction of sp³-hybridized carbons (Fsp3) is 0.241. The molecule has 1 saturated heterocycles. The Bertz CT molecular complexity index is 1450. The van der Waals surface area contributed by atoms with Gasteiger partial charge in [0.2, 0.25) is 0 Å². The second kappa shape index (κ2) is 10.7. The molecule has 5 rings (SSSR count). The van der Waals surface area contributed by atoms with E-state index in [-0.39, 0.29) is 12.3 Å². The van der Waals surface area contributed by atoms with Crippen LogP contribution in [0.3, 0.4) is 0 Å². The molecule has 1 aliphatic rings. The number of carbonyl (C=O) groups excluding carboxylic acids is 1. The Labute approximate surface area is 215 Å². The fourth-order valence-corrected chi connectivity index (χ4v) is 4.73. The monoisotopic (exact) mass is 495 g/mol. The zero-order valence-corrected chi connectivity index (χ0v) is 20.7. The third kappa shape index (κ3) is 5.53. The molecule has 8 nitrogen and oxygen atoms in total. The Morgan fingerprint density at radius 3 is 2.38 bits per heavy atom. The van der Waals surface area contributed by atoms with E-state index in [4.69, 9.17) is 4.98 Å². The van der Waals surface area contributed by atoms with Gasteiger partial charge in [-0.15, -0.1) is 0 Å². The van der Waals surface area contributed by atoms with E-state index in [1.807, 2.05) is 66.7 Å². The van der Waals surface area contributed by atoms with Gasteiger partial charge in [-0.25, -0.2) is 9.97 Å². The number of hydrogen-bond acceptors (Lipinski definition) is 6. The second-order valence-electron chi connectivity index (χ2n) is 9.20. The summed E-state index contributed by atoms with van der Waals surface area (Å²) in [5.41, 5.74) is 2.91. The highest BCUT2D eigenvalue weighted by molar-refractivity contribution is 6.06. The Balaban J connectivity index is 1.33. The first-order chi connectivity index (χ1) is 18.0. The van der Waals surface area contributed by atoms with Gasteiger partial charge in [0, 0.05) is 43.4 Å². The molecule has 3 N–H and O–H groups in total. The number of carboxylic acid groups (broad SMARTS) is 1. The number of anilines is 3. The van der Waals surface area contributed by atoms with Crippen molar-refractivity contribution in [3.63, 3.8) is 0 Å². The summed E-state index contributed by atoms with van der Waals surface area (Å²) in [6.07, 6.45) is 2.48. The summed E-state index contributed by atoms with van der Waals surface area (Å²) in [4.78, 5) is 35.9. The van der Waals surface area contributed by atoms with Crippen molar-refractivity contribution in [3.05, 3.63) is 89.2 Å². The Kier molecular flexibility index (Phi) is 6.98. The van der Waals surface area contributed by atoms with E-state index in [0.717, 1.165) is 42.3 Å². The van der Waals surface area contributed by atoms with Gasteiger partial charge in [-0.2, -0.15) is 0 Å². The van der Waals surface area contributed by atoms with Gasteiger partial charge in [-0.05, 0) is 53.4 Å². The van der Waals surface area contributed by atoms with Gasteiger partial charge >= 0.3 is 5.97 Å². The maximum absolute atomic E-state index is 12.8. The molecule has 0 radical (unpaired) electrons. The van der Waals surface area contributed by atoms with Gasteiger partial charge in [0.25, 0.3) is 5.91 Å². The maximum Gasteiger partial charge on any atom is 0.308 e. The van der Waals surface area contributed by atoms with Crippen LogP contribution < -0.4 is 15.5 Å². The Morgan fingerprint density at radius 1 is 0.946 bits per heavy atom. The molecule has 1 amide bonds. The third-order valence-electron chi connectivity index (χ3n) is 6.59. The van der Waals surface area contributed by atoms with Crippen LogP contribution in [0.15, 0.2) is 66.7 Å². The van der Waals surface area contributed by atoms with Gasteiger partial charge in [-0.3, -0.25) is 9.59 Å². The standard InChI is InChI=1S/C29H29N5O3/c1-30-27-24(18-26(35)36)28(34-14-4-5-15-34)33-25(32-27)16-19-8-12-23(13-9-19)31-29(37)22-11-10-20-6-2-3-7-21(20)17-22/h2-3,6-13,17H,4-5,14-16,18H2,1H3,(H,31,37)(H,35,36)(H,30,32,33). The normalized spacial score (nSPS) is 13.1. The molecule has 3 aromatic carbocycles. The van der Waals surface area contributed by atoms with E-state index in [2.05, 4.69) is 20.5 Å². The van der Waals surface area contributed by atoms with Gasteiger partial charge in [0.05, 0.1) is 6.42 Å². The fourth-order valence-electron chi connectivity index (χ4n) is 4.73. The predicted octanol–water partition coefficient (Wildman–Crippen LogP) is 4.74. The summed E-state index contributed by atoms with van der Waals surface area (Å²) >= 11 is 0. The van der Waals surface area contributed by atoms with Crippen molar-refractivity contribution < 1.29 is 14.7 Å². The van der Waals surface area contributed by atoms with Crippen LogP contribution >= 0.6 is 0 Å².